The minimum Gasteiger partial charge on any atom is -0.511 e. The van der Waals surface area contributed by atoms with Crippen molar-refractivity contribution in [3.8, 4) is 0 Å². The van der Waals surface area contributed by atoms with Gasteiger partial charge in [-0.3, -0.25) is 0 Å². The van der Waals surface area contributed by atoms with Crippen LogP contribution in [0, 0.1) is 0 Å². The molecule has 0 rings (SSSR count). The lowest BCUT2D eigenvalue weighted by molar-refractivity contribution is 0.366. The summed E-state index contributed by atoms with van der Waals surface area (Å²) in [5, 5.41) is 11.4. The lowest BCUT2D eigenvalue weighted by Crippen LogP contribution is -2.33. The molecular formula is C5H12N2O. The average Bonchev–Trinajstić information content (AvgIpc) is 1.67. The van der Waals surface area contributed by atoms with Crippen molar-refractivity contribution in [3.05, 3.63) is 12.3 Å². The normalized spacial score (nSPS) is 13.2. The maximum atomic E-state index is 8.59. The molecule has 0 saturated heterocycles. The van der Waals surface area contributed by atoms with Gasteiger partial charge < -0.3 is 16.2 Å². The lowest BCUT2D eigenvalue weighted by atomic mass is 10.3. The monoisotopic (exact) mass is 116 g/mol. The van der Waals surface area contributed by atoms with E-state index in [1.165, 1.54) is 0 Å². The maximum Gasteiger partial charge on any atom is 0.103 e. The van der Waals surface area contributed by atoms with Gasteiger partial charge in [0.2, 0.25) is 0 Å². The molecule has 0 radical (unpaired) electrons. The number of rotatable bonds is 3. The number of hydrogen-bond acceptors (Lipinski definition) is 3. The van der Waals surface area contributed by atoms with Gasteiger partial charge in [0.05, 0.1) is 6.04 Å². The van der Waals surface area contributed by atoms with Crippen molar-refractivity contribution in [1.29, 1.82) is 0 Å². The van der Waals surface area contributed by atoms with Crippen molar-refractivity contribution < 1.29 is 5.11 Å². The van der Waals surface area contributed by atoms with Crippen LogP contribution in [0.3, 0.4) is 0 Å². The first kappa shape index (κ1) is 7.46. The quantitative estimate of drug-likeness (QED) is 0.440. The second kappa shape index (κ2) is 3.46. The summed E-state index contributed by atoms with van der Waals surface area (Å²) >= 11 is 0. The Bertz CT molecular complexity index is 82.5. The minimum atomic E-state index is -0.333. The van der Waals surface area contributed by atoms with Gasteiger partial charge in [0.25, 0.3) is 0 Å². The highest BCUT2D eigenvalue weighted by Crippen LogP contribution is 1.85. The number of aliphatic hydroxyl groups excluding tert-OH is 1. The SMILES string of the molecule is C=C(O)[C@@H](N)CNC. The Morgan fingerprint density at radius 3 is 2.62 bits per heavy atom. The van der Waals surface area contributed by atoms with Crippen LogP contribution in [0.4, 0.5) is 0 Å². The highest BCUT2D eigenvalue weighted by atomic mass is 16.3. The van der Waals surface area contributed by atoms with E-state index in [0.29, 0.717) is 6.54 Å². The Hall–Kier alpha value is -0.540. The number of nitrogens with one attached hydrogen (secondary N) is 1. The molecule has 0 aromatic heterocycles. The van der Waals surface area contributed by atoms with E-state index in [4.69, 9.17) is 10.8 Å². The molecule has 3 nitrogen and oxygen atoms in total. The summed E-state index contributed by atoms with van der Waals surface area (Å²) in [5.41, 5.74) is 5.31. The van der Waals surface area contributed by atoms with Gasteiger partial charge in [-0.1, -0.05) is 6.58 Å². The predicted molar refractivity (Wildman–Crippen MR) is 33.7 cm³/mol. The summed E-state index contributed by atoms with van der Waals surface area (Å²) in [6, 6.07) is -0.333. The highest BCUT2D eigenvalue weighted by molar-refractivity contribution is 4.92. The standard InChI is InChI=1S/C5H12N2O/c1-4(8)5(6)3-7-2/h5,7-8H,1,3,6H2,2H3/t5-/m0/s1. The number of likely N-dealkylation sites (N-methyl/N-ethyl adjacent to an activating group) is 1. The molecule has 0 aliphatic rings. The van der Waals surface area contributed by atoms with Crippen LogP contribution in [0.5, 0.6) is 0 Å². The maximum absolute atomic E-state index is 8.59. The van der Waals surface area contributed by atoms with Crippen molar-refractivity contribution in [2.24, 2.45) is 5.73 Å². The van der Waals surface area contributed by atoms with Crippen molar-refractivity contribution >= 4 is 0 Å². The Morgan fingerprint density at radius 1 is 2.00 bits per heavy atom. The molecular weight excluding hydrogens is 104 g/mol. The molecule has 8 heavy (non-hydrogen) atoms. The minimum absolute atomic E-state index is 0.0272. The van der Waals surface area contributed by atoms with Crippen LogP contribution in [0.2, 0.25) is 0 Å². The average molecular weight is 116 g/mol. The van der Waals surface area contributed by atoms with Gasteiger partial charge in [0.1, 0.15) is 5.76 Å². The molecule has 4 N–H and O–H groups in total. The second-order valence-corrected chi connectivity index (χ2v) is 1.66. The van der Waals surface area contributed by atoms with Gasteiger partial charge >= 0.3 is 0 Å². The summed E-state index contributed by atoms with van der Waals surface area (Å²) in [6.45, 7) is 3.83. The summed E-state index contributed by atoms with van der Waals surface area (Å²) in [4.78, 5) is 0. The van der Waals surface area contributed by atoms with Crippen molar-refractivity contribution in [2.45, 2.75) is 6.04 Å². The third-order valence-corrected chi connectivity index (χ3v) is 0.852. The van der Waals surface area contributed by atoms with Crippen LogP contribution in [0.1, 0.15) is 0 Å². The fraction of sp³-hybridized carbons (Fsp3) is 0.600. The van der Waals surface area contributed by atoms with Crippen LogP contribution < -0.4 is 11.1 Å². The molecule has 0 aliphatic carbocycles. The molecule has 0 spiro atoms. The van der Waals surface area contributed by atoms with Gasteiger partial charge in [-0.2, -0.15) is 0 Å². The van der Waals surface area contributed by atoms with Gasteiger partial charge in [0, 0.05) is 6.54 Å². The Morgan fingerprint density at radius 2 is 2.50 bits per heavy atom. The zero-order chi connectivity index (χ0) is 6.57. The summed E-state index contributed by atoms with van der Waals surface area (Å²) in [5.74, 6) is 0.0272. The third kappa shape index (κ3) is 2.60. The van der Waals surface area contributed by atoms with Crippen LogP contribution >= 0.6 is 0 Å². The molecule has 1 atom stereocenters. The van der Waals surface area contributed by atoms with Crippen LogP contribution in [0.25, 0.3) is 0 Å². The molecule has 48 valence electrons. The molecule has 0 unspecified atom stereocenters. The smallest absolute Gasteiger partial charge is 0.103 e. The Balaban J connectivity index is 3.32. The van der Waals surface area contributed by atoms with E-state index >= 15 is 0 Å². The van der Waals surface area contributed by atoms with E-state index in [1.807, 2.05) is 0 Å². The molecule has 0 fully saturated rings. The fourth-order valence-electron chi connectivity index (χ4n) is 0.338. The van der Waals surface area contributed by atoms with E-state index in [2.05, 4.69) is 11.9 Å². The van der Waals surface area contributed by atoms with Gasteiger partial charge in [0.15, 0.2) is 0 Å². The van der Waals surface area contributed by atoms with E-state index in [-0.39, 0.29) is 11.8 Å². The van der Waals surface area contributed by atoms with Crippen molar-refractivity contribution in [1.82, 2.24) is 5.32 Å². The first-order valence-corrected chi connectivity index (χ1v) is 2.46. The van der Waals surface area contributed by atoms with Gasteiger partial charge in [-0.15, -0.1) is 0 Å². The Labute approximate surface area is 49.2 Å². The zero-order valence-corrected chi connectivity index (χ0v) is 5.02. The van der Waals surface area contributed by atoms with Crippen LogP contribution in [0.15, 0.2) is 12.3 Å². The lowest BCUT2D eigenvalue weighted by Gasteiger charge is -2.06. The van der Waals surface area contributed by atoms with E-state index < -0.39 is 0 Å². The first-order valence-electron chi connectivity index (χ1n) is 2.46. The van der Waals surface area contributed by atoms with E-state index in [0.717, 1.165) is 0 Å². The van der Waals surface area contributed by atoms with Gasteiger partial charge in [-0.25, -0.2) is 0 Å². The number of hydrogen-bond donors (Lipinski definition) is 3. The molecule has 0 aromatic carbocycles. The van der Waals surface area contributed by atoms with Gasteiger partial charge in [-0.05, 0) is 7.05 Å². The zero-order valence-electron chi connectivity index (χ0n) is 5.02. The molecule has 0 bridgehead atoms. The molecule has 3 heteroatoms. The second-order valence-electron chi connectivity index (χ2n) is 1.66. The first-order chi connectivity index (χ1) is 3.68. The highest BCUT2D eigenvalue weighted by Gasteiger charge is 2.00. The predicted octanol–water partition coefficient (Wildman–Crippen LogP) is -0.395. The summed E-state index contributed by atoms with van der Waals surface area (Å²) in [7, 11) is 1.77. The molecule has 0 amide bonds. The fourth-order valence-corrected chi connectivity index (χ4v) is 0.338. The molecule has 0 aliphatic heterocycles. The largest absolute Gasteiger partial charge is 0.511 e. The van der Waals surface area contributed by atoms with E-state index in [9.17, 15) is 0 Å². The number of nitrogens with two attached hydrogens (primary N) is 1. The van der Waals surface area contributed by atoms with Crippen molar-refractivity contribution in [3.63, 3.8) is 0 Å². The van der Waals surface area contributed by atoms with Crippen molar-refractivity contribution in [2.75, 3.05) is 13.6 Å². The Kier molecular flexibility index (Phi) is 3.23. The van der Waals surface area contributed by atoms with Crippen LogP contribution in [-0.4, -0.2) is 24.7 Å². The summed E-state index contributed by atoms with van der Waals surface area (Å²) < 4.78 is 0. The van der Waals surface area contributed by atoms with Crippen LogP contribution in [-0.2, 0) is 0 Å². The topological polar surface area (TPSA) is 58.3 Å². The summed E-state index contributed by atoms with van der Waals surface area (Å²) in [6.07, 6.45) is 0. The molecule has 0 aromatic rings. The molecule has 0 heterocycles. The third-order valence-electron chi connectivity index (χ3n) is 0.852. The molecule has 0 saturated carbocycles. The number of aliphatic hydroxyl groups is 1. The van der Waals surface area contributed by atoms with E-state index in [1.54, 1.807) is 7.05 Å².